The summed E-state index contributed by atoms with van der Waals surface area (Å²) < 4.78 is 23.5. The number of hydrogen-bond acceptors (Lipinski definition) is 8. The van der Waals surface area contributed by atoms with Gasteiger partial charge in [0.05, 0.1) is 25.0 Å². The summed E-state index contributed by atoms with van der Waals surface area (Å²) >= 11 is 0. The molecule has 4 fully saturated rings. The summed E-state index contributed by atoms with van der Waals surface area (Å²) in [6.07, 6.45) is 29.4. The number of terminal acetylenes is 2. The number of aromatic amines is 1. The summed E-state index contributed by atoms with van der Waals surface area (Å²) in [4.78, 5) is 61.8. The monoisotopic (exact) mass is 856 g/mol. The summed E-state index contributed by atoms with van der Waals surface area (Å²) in [5, 5.41) is 7.43. The predicted molar refractivity (Wildman–Crippen MR) is 245 cm³/mol. The number of rotatable bonds is 11. The molecule has 4 N–H and O–H groups in total. The number of hydrogen-bond donors (Lipinski definition) is 4. The molecule has 2 aromatic rings. The maximum atomic E-state index is 12.4. The van der Waals surface area contributed by atoms with Crippen molar-refractivity contribution in [3.8, 4) is 31.4 Å². The lowest BCUT2D eigenvalue weighted by Gasteiger charge is -2.26. The first kappa shape index (κ1) is 57.2. The van der Waals surface area contributed by atoms with Crippen LogP contribution in [0.2, 0.25) is 0 Å². The van der Waals surface area contributed by atoms with Gasteiger partial charge in [-0.2, -0.15) is 0 Å². The van der Waals surface area contributed by atoms with E-state index in [1.54, 1.807) is 30.3 Å². The molecule has 0 radical (unpaired) electrons. The third-order valence-electron chi connectivity index (χ3n) is 8.55. The molecule has 4 atom stereocenters. The number of carbonyl (C=O) groups is 4. The van der Waals surface area contributed by atoms with E-state index >= 15 is 0 Å². The molecule has 1 aromatic carbocycles. The van der Waals surface area contributed by atoms with Gasteiger partial charge in [0.25, 0.3) is 5.56 Å². The second kappa shape index (κ2) is 34.9. The number of ether oxygens (including phenoxy) is 2. The normalized spacial score (nSPS) is 18.6. The number of carbonyl (C=O) groups excluding carboxylic acids is 4. The minimum absolute atomic E-state index is 0.00371. The van der Waals surface area contributed by atoms with Crippen LogP contribution in [0.3, 0.4) is 0 Å². The van der Waals surface area contributed by atoms with Crippen LogP contribution in [0.4, 0.5) is 0 Å². The van der Waals surface area contributed by atoms with E-state index < -0.39 is 11.0 Å². The number of nitrogens with one attached hydrogen (secondary N) is 4. The summed E-state index contributed by atoms with van der Waals surface area (Å²) in [5.74, 6) is 1.72. The van der Waals surface area contributed by atoms with Gasteiger partial charge in [0.15, 0.2) is 0 Å². The Balaban J connectivity index is 0. The average Bonchev–Trinajstić information content (AvgIpc) is 4.20. The van der Waals surface area contributed by atoms with Gasteiger partial charge in [-0.15, -0.1) is 38.9 Å². The Morgan fingerprint density at radius 2 is 1.60 bits per heavy atom. The molecule has 1 aliphatic heterocycles. The second-order valence-corrected chi connectivity index (χ2v) is 16.4. The highest BCUT2D eigenvalue weighted by atomic mass is 32.2. The summed E-state index contributed by atoms with van der Waals surface area (Å²) in [5.41, 5.74) is -0.0693. The number of methoxy groups -OCH3 is 1. The van der Waals surface area contributed by atoms with Crippen molar-refractivity contribution in [3.05, 3.63) is 54.0 Å². The van der Waals surface area contributed by atoms with E-state index in [1.807, 2.05) is 12.1 Å². The topological polar surface area (TPSA) is 176 Å². The minimum Gasteiger partial charge on any atom is -0.497 e. The fraction of sp³-hybridized carbons (Fsp3) is 0.587. The minimum atomic E-state index is -1.08. The standard InChI is InChI=1S/C19H31N3O4.C10H9NO2.C4H7NO2S.C4H10.C3H8.C2H4.2C2H2/c1-13-4-2-5-15(10-13)26-12-17(23)20-11-18(24)22-9-3-6-16(22)19(25)21-14-7-8-14;1-13-8-2-3-9-7(6-8)4-5-11-10(9)12;6-3-5-8(7)4-1-2-4;1-4(2)3;1-3-2;3*1-2/h13-16H,2-12H2,1H3,(H,20,23)(H,21,25);2-6H,1H3,(H,11,12);3-4H,1-2H2,(H,5,6);4H,1-3H3;3H2,1-2H3;1-2H2;2*1-2H/t13-,15+,16-;;;;;;;/m0......./s1. The van der Waals surface area contributed by atoms with Gasteiger partial charge in [-0.3, -0.25) is 28.7 Å². The molecule has 1 aromatic heterocycles. The smallest absolute Gasteiger partial charge is 0.255 e. The molecular formula is C46H73N5O8S. The Morgan fingerprint density at radius 3 is 2.13 bits per heavy atom. The Bertz CT molecular complexity index is 1630. The molecule has 13 nitrogen and oxygen atoms in total. The lowest BCUT2D eigenvalue weighted by atomic mass is 9.89. The highest BCUT2D eigenvalue weighted by Gasteiger charge is 2.36. The van der Waals surface area contributed by atoms with Crippen molar-refractivity contribution in [1.29, 1.82) is 0 Å². The van der Waals surface area contributed by atoms with Crippen molar-refractivity contribution in [2.24, 2.45) is 11.8 Å². The Labute approximate surface area is 362 Å². The van der Waals surface area contributed by atoms with E-state index in [0.29, 0.717) is 36.7 Å². The van der Waals surface area contributed by atoms with Crippen LogP contribution in [-0.2, 0) is 34.9 Å². The molecule has 14 heteroatoms. The number of pyridine rings is 1. The molecule has 2 heterocycles. The van der Waals surface area contributed by atoms with Gasteiger partial charge >= 0.3 is 0 Å². The Kier molecular flexibility index (Phi) is 33.3. The average molecular weight is 856 g/mol. The van der Waals surface area contributed by atoms with Gasteiger partial charge in [-0.1, -0.05) is 60.8 Å². The molecule has 1 unspecified atom stereocenters. The number of fused-ring (bicyclic) bond motifs is 1. The largest absolute Gasteiger partial charge is 0.497 e. The fourth-order valence-electron chi connectivity index (χ4n) is 5.64. The SMILES string of the molecule is C#C.C#C.C=C.CC(C)C.CCC.COc1ccc2c(=O)[nH]ccc2c1.C[C@H]1CCC[C@@H](OCC(=O)NCC(=O)N2CCC[C@H]2C(=O)NC2CC2)C1.O=CNS(=O)C1CC1. The van der Waals surface area contributed by atoms with Crippen LogP contribution < -0.4 is 25.7 Å². The molecule has 1 saturated heterocycles. The molecule has 60 heavy (non-hydrogen) atoms. The van der Waals surface area contributed by atoms with Gasteiger partial charge in [0.1, 0.15) is 29.4 Å². The number of benzene rings is 1. The van der Waals surface area contributed by atoms with E-state index in [4.69, 9.17) is 9.47 Å². The van der Waals surface area contributed by atoms with E-state index in [1.165, 1.54) is 12.8 Å². The molecule has 4 amide bonds. The molecule has 6 rings (SSSR count). The van der Waals surface area contributed by atoms with Gasteiger partial charge in [-0.25, -0.2) is 4.21 Å². The van der Waals surface area contributed by atoms with Crippen molar-refractivity contribution in [2.75, 3.05) is 26.8 Å². The molecular weight excluding hydrogens is 783 g/mol. The molecule has 3 aliphatic carbocycles. The van der Waals surface area contributed by atoms with Crippen molar-refractivity contribution >= 4 is 45.9 Å². The van der Waals surface area contributed by atoms with Crippen LogP contribution in [0.15, 0.2) is 48.4 Å². The zero-order valence-electron chi connectivity index (χ0n) is 37.2. The Hall–Kier alpha value is -4.92. The maximum Gasteiger partial charge on any atom is 0.255 e. The lowest BCUT2D eigenvalue weighted by Crippen LogP contribution is -2.49. The number of H-pyrrole nitrogens is 1. The van der Waals surface area contributed by atoms with Crippen LogP contribution in [-0.4, -0.2) is 88.5 Å². The number of amides is 4. The number of aromatic nitrogens is 1. The quantitative estimate of drug-likeness (QED) is 0.113. The first-order valence-corrected chi connectivity index (χ1v) is 21.9. The summed E-state index contributed by atoms with van der Waals surface area (Å²) in [6, 6.07) is 7.12. The predicted octanol–water partition coefficient (Wildman–Crippen LogP) is 6.44. The summed E-state index contributed by atoms with van der Waals surface area (Å²) in [6.45, 7) is 19.5. The van der Waals surface area contributed by atoms with E-state index in [0.717, 1.165) is 68.4 Å². The fourth-order valence-corrected chi connectivity index (χ4v) is 6.49. The maximum absolute atomic E-state index is 12.4. The first-order chi connectivity index (χ1) is 28.8. The zero-order valence-corrected chi connectivity index (χ0v) is 38.0. The highest BCUT2D eigenvalue weighted by molar-refractivity contribution is 7.84. The second-order valence-electron chi connectivity index (χ2n) is 14.9. The van der Waals surface area contributed by atoms with Crippen LogP contribution in [0, 0.1) is 37.5 Å². The molecule has 4 aliphatic rings. The highest BCUT2D eigenvalue weighted by Crippen LogP contribution is 2.26. The van der Waals surface area contributed by atoms with Gasteiger partial charge in [-0.05, 0) is 92.9 Å². The molecule has 0 bridgehead atoms. The number of likely N-dealkylation sites (tertiary alicyclic amines) is 1. The van der Waals surface area contributed by atoms with Gasteiger partial charge in [0, 0.05) is 24.2 Å². The molecule has 0 spiro atoms. The first-order valence-electron chi connectivity index (χ1n) is 20.7. The van der Waals surface area contributed by atoms with Crippen LogP contribution in [0.25, 0.3) is 10.8 Å². The zero-order chi connectivity index (χ0) is 46.0. The van der Waals surface area contributed by atoms with Crippen LogP contribution in [0.5, 0.6) is 5.75 Å². The van der Waals surface area contributed by atoms with Gasteiger partial charge < -0.3 is 30.0 Å². The van der Waals surface area contributed by atoms with E-state index in [9.17, 15) is 28.2 Å². The Morgan fingerprint density at radius 1 is 0.983 bits per heavy atom. The summed E-state index contributed by atoms with van der Waals surface area (Å²) in [7, 11) is 0.527. The van der Waals surface area contributed by atoms with Gasteiger partial charge in [0.2, 0.25) is 24.1 Å². The molecule has 336 valence electrons. The van der Waals surface area contributed by atoms with E-state index in [-0.39, 0.29) is 53.8 Å². The van der Waals surface area contributed by atoms with Crippen LogP contribution in [0.1, 0.15) is 112 Å². The van der Waals surface area contributed by atoms with Crippen molar-refractivity contribution in [1.82, 2.24) is 25.2 Å². The van der Waals surface area contributed by atoms with Crippen molar-refractivity contribution in [2.45, 2.75) is 136 Å². The van der Waals surface area contributed by atoms with E-state index in [2.05, 4.69) is 101 Å². The van der Waals surface area contributed by atoms with Crippen LogP contribution >= 0.6 is 0 Å². The molecule has 3 saturated carbocycles. The lowest BCUT2D eigenvalue weighted by molar-refractivity contribution is -0.139. The third-order valence-corrected chi connectivity index (χ3v) is 9.95. The number of nitrogens with zero attached hydrogens (tertiary/aromatic N) is 1. The van der Waals surface area contributed by atoms with Crippen molar-refractivity contribution < 1.29 is 32.9 Å². The van der Waals surface area contributed by atoms with Crippen molar-refractivity contribution in [3.63, 3.8) is 0 Å². The third kappa shape index (κ3) is 25.5.